The first-order valence-corrected chi connectivity index (χ1v) is 5.41. The minimum absolute atomic E-state index is 0.259. The fourth-order valence-electron chi connectivity index (χ4n) is 1.22. The topological polar surface area (TPSA) is 63.3 Å². The Morgan fingerprint density at radius 3 is 2.86 bits per heavy atom. The molecule has 0 fully saturated rings. The van der Waals surface area contributed by atoms with Crippen molar-refractivity contribution in [2.24, 2.45) is 0 Å². The predicted octanol–water partition coefficient (Wildman–Crippen LogP) is 2.94. The lowest BCUT2D eigenvalue weighted by molar-refractivity contribution is 0.0697. The van der Waals surface area contributed by atoms with Crippen molar-refractivity contribution in [2.75, 3.05) is 5.73 Å². The van der Waals surface area contributed by atoms with E-state index in [9.17, 15) is 4.79 Å². The average Bonchev–Trinajstić information content (AvgIpc) is 2.43. The lowest BCUT2D eigenvalue weighted by atomic mass is 10.1. The normalized spacial score (nSPS) is 10.6. The molecule has 0 aliphatic heterocycles. The van der Waals surface area contributed by atoms with Gasteiger partial charge in [-0.05, 0) is 34.1 Å². The maximum atomic E-state index is 10.7. The summed E-state index contributed by atoms with van der Waals surface area (Å²) >= 11 is 4.81. The zero-order valence-electron chi connectivity index (χ0n) is 6.95. The van der Waals surface area contributed by atoms with Gasteiger partial charge in [0.2, 0.25) is 0 Å². The number of rotatable bonds is 1. The average molecular weight is 272 g/mol. The van der Waals surface area contributed by atoms with E-state index in [4.69, 9.17) is 10.8 Å². The van der Waals surface area contributed by atoms with Crippen LogP contribution in [-0.2, 0) is 0 Å². The van der Waals surface area contributed by atoms with Gasteiger partial charge in [-0.15, -0.1) is 11.3 Å². The van der Waals surface area contributed by atoms with Gasteiger partial charge in [-0.25, -0.2) is 4.79 Å². The third-order valence-corrected chi connectivity index (χ3v) is 3.82. The zero-order valence-corrected chi connectivity index (χ0v) is 9.35. The van der Waals surface area contributed by atoms with E-state index in [0.717, 1.165) is 13.9 Å². The quantitative estimate of drug-likeness (QED) is 0.838. The van der Waals surface area contributed by atoms with Crippen LogP contribution in [0.15, 0.2) is 22.0 Å². The maximum absolute atomic E-state index is 10.7. The molecule has 3 N–H and O–H groups in total. The largest absolute Gasteiger partial charge is 0.478 e. The van der Waals surface area contributed by atoms with E-state index in [1.807, 2.05) is 0 Å². The molecule has 0 atom stereocenters. The Bertz CT molecular complexity index is 521. The molecule has 0 unspecified atom stereocenters. The van der Waals surface area contributed by atoms with Crippen LogP contribution in [0.5, 0.6) is 0 Å². The molecule has 1 aromatic carbocycles. The Morgan fingerprint density at radius 2 is 2.21 bits per heavy atom. The van der Waals surface area contributed by atoms with Crippen LogP contribution in [0.25, 0.3) is 10.1 Å². The first kappa shape index (κ1) is 9.48. The Balaban J connectivity index is 2.76. The van der Waals surface area contributed by atoms with Crippen LogP contribution in [0.1, 0.15) is 10.4 Å². The molecule has 1 heterocycles. The Labute approximate surface area is 92.3 Å². The first-order chi connectivity index (χ1) is 6.59. The number of carboxylic acids is 1. The number of nitrogen functional groups attached to an aromatic ring is 1. The highest BCUT2D eigenvalue weighted by atomic mass is 79.9. The van der Waals surface area contributed by atoms with Crippen molar-refractivity contribution in [1.82, 2.24) is 0 Å². The van der Waals surface area contributed by atoms with Crippen molar-refractivity contribution in [2.45, 2.75) is 0 Å². The zero-order chi connectivity index (χ0) is 10.3. The second-order valence-corrected chi connectivity index (χ2v) is 5.18. The number of thiophene rings is 1. The number of hydrogen-bond donors (Lipinski definition) is 2. The van der Waals surface area contributed by atoms with E-state index in [0.29, 0.717) is 5.69 Å². The number of hydrogen-bond acceptors (Lipinski definition) is 3. The fraction of sp³-hybridized carbons (Fsp3) is 0. The summed E-state index contributed by atoms with van der Waals surface area (Å²) in [5.74, 6) is -0.936. The summed E-state index contributed by atoms with van der Waals surface area (Å²) in [4.78, 5) is 10.7. The van der Waals surface area contributed by atoms with Gasteiger partial charge in [-0.3, -0.25) is 0 Å². The lowest BCUT2D eigenvalue weighted by Crippen LogP contribution is -1.95. The molecule has 3 nitrogen and oxygen atoms in total. The molecular weight excluding hydrogens is 266 g/mol. The van der Waals surface area contributed by atoms with E-state index in [1.54, 1.807) is 18.2 Å². The predicted molar refractivity (Wildman–Crippen MR) is 60.9 cm³/mol. The highest BCUT2D eigenvalue weighted by Gasteiger charge is 2.09. The number of aromatic carboxylic acids is 1. The van der Waals surface area contributed by atoms with Gasteiger partial charge in [0.15, 0.2) is 0 Å². The number of carboxylic acid groups (broad SMARTS) is 1. The summed E-state index contributed by atoms with van der Waals surface area (Å²) in [6.07, 6.45) is 0. The van der Waals surface area contributed by atoms with Crippen LogP contribution in [0.4, 0.5) is 5.69 Å². The number of carbonyl (C=O) groups is 1. The lowest BCUT2D eigenvalue weighted by Gasteiger charge is -1.95. The van der Waals surface area contributed by atoms with E-state index < -0.39 is 5.97 Å². The second-order valence-electron chi connectivity index (χ2n) is 2.81. The third kappa shape index (κ3) is 1.38. The first-order valence-electron chi connectivity index (χ1n) is 3.80. The molecule has 0 aliphatic carbocycles. The highest BCUT2D eigenvalue weighted by molar-refractivity contribution is 9.11. The summed E-state index contributed by atoms with van der Waals surface area (Å²) in [6, 6.07) is 4.94. The van der Waals surface area contributed by atoms with Crippen LogP contribution in [0, 0.1) is 0 Å². The number of nitrogens with two attached hydrogens (primary N) is 1. The Kier molecular flexibility index (Phi) is 2.20. The molecule has 1 aromatic heterocycles. The Hall–Kier alpha value is -1.07. The summed E-state index contributed by atoms with van der Waals surface area (Å²) in [7, 11) is 0. The summed E-state index contributed by atoms with van der Waals surface area (Å²) < 4.78 is 1.83. The molecule has 0 amide bonds. The van der Waals surface area contributed by atoms with Crippen molar-refractivity contribution in [3.05, 3.63) is 27.5 Å². The molecule has 5 heteroatoms. The van der Waals surface area contributed by atoms with E-state index in [2.05, 4.69) is 15.9 Å². The van der Waals surface area contributed by atoms with Crippen molar-refractivity contribution in [3.63, 3.8) is 0 Å². The van der Waals surface area contributed by atoms with Gasteiger partial charge in [-0.2, -0.15) is 0 Å². The van der Waals surface area contributed by atoms with Gasteiger partial charge in [0.05, 0.1) is 15.0 Å². The summed E-state index contributed by atoms with van der Waals surface area (Å²) in [6.45, 7) is 0. The number of fused-ring (bicyclic) bond motifs is 1. The molecule has 0 saturated heterocycles. The van der Waals surface area contributed by atoms with Gasteiger partial charge < -0.3 is 10.8 Å². The molecule has 0 radical (unpaired) electrons. The van der Waals surface area contributed by atoms with Gasteiger partial charge >= 0.3 is 5.97 Å². The fourth-order valence-corrected chi connectivity index (χ4v) is 2.78. The Morgan fingerprint density at radius 1 is 1.50 bits per heavy atom. The van der Waals surface area contributed by atoms with Crippen molar-refractivity contribution >= 4 is 49.0 Å². The summed E-state index contributed by atoms with van der Waals surface area (Å²) in [5, 5.41) is 9.59. The van der Waals surface area contributed by atoms with Gasteiger partial charge in [0.1, 0.15) is 0 Å². The van der Waals surface area contributed by atoms with E-state index in [-0.39, 0.29) is 5.56 Å². The molecule has 0 bridgehead atoms. The second kappa shape index (κ2) is 3.25. The number of halogens is 1. The number of anilines is 1. The minimum Gasteiger partial charge on any atom is -0.478 e. The highest BCUT2D eigenvalue weighted by Crippen LogP contribution is 2.37. The van der Waals surface area contributed by atoms with Crippen LogP contribution < -0.4 is 5.73 Å². The molecular formula is C9H6BrNO2S. The molecule has 0 spiro atoms. The van der Waals surface area contributed by atoms with E-state index in [1.165, 1.54) is 11.3 Å². The smallest absolute Gasteiger partial charge is 0.335 e. The van der Waals surface area contributed by atoms with Crippen molar-refractivity contribution in [1.29, 1.82) is 0 Å². The van der Waals surface area contributed by atoms with Crippen molar-refractivity contribution in [3.8, 4) is 0 Å². The van der Waals surface area contributed by atoms with Gasteiger partial charge in [0, 0.05) is 10.1 Å². The van der Waals surface area contributed by atoms with Crippen molar-refractivity contribution < 1.29 is 9.90 Å². The van der Waals surface area contributed by atoms with Crippen LogP contribution in [0.2, 0.25) is 0 Å². The monoisotopic (exact) mass is 271 g/mol. The molecule has 0 aliphatic rings. The van der Waals surface area contributed by atoms with Gasteiger partial charge in [0.25, 0.3) is 0 Å². The van der Waals surface area contributed by atoms with Crippen LogP contribution in [-0.4, -0.2) is 11.1 Å². The third-order valence-electron chi connectivity index (χ3n) is 1.93. The van der Waals surface area contributed by atoms with Crippen LogP contribution in [0.3, 0.4) is 0 Å². The summed E-state index contributed by atoms with van der Waals surface area (Å²) in [5.41, 5.74) is 6.64. The van der Waals surface area contributed by atoms with Crippen LogP contribution >= 0.6 is 27.3 Å². The van der Waals surface area contributed by atoms with Gasteiger partial charge in [-0.1, -0.05) is 0 Å². The SMILES string of the molecule is Nc1c(Br)sc2ccc(C(=O)O)cc12. The maximum Gasteiger partial charge on any atom is 0.335 e. The van der Waals surface area contributed by atoms with E-state index >= 15 is 0 Å². The molecule has 72 valence electrons. The minimum atomic E-state index is -0.936. The molecule has 0 saturated carbocycles. The molecule has 14 heavy (non-hydrogen) atoms. The molecule has 2 rings (SSSR count). The number of benzene rings is 1. The molecule has 2 aromatic rings. The standard InChI is InChI=1S/C9H6BrNO2S/c10-8-7(11)5-3-4(9(12)13)1-2-6(5)14-8/h1-3H,11H2,(H,12,13).